The summed E-state index contributed by atoms with van der Waals surface area (Å²) in [5.74, 6) is 3.19. The van der Waals surface area contributed by atoms with E-state index in [1.54, 1.807) is 0 Å². The van der Waals surface area contributed by atoms with Crippen molar-refractivity contribution in [3.8, 4) is 5.75 Å². The molecule has 5 nitrogen and oxygen atoms in total. The summed E-state index contributed by atoms with van der Waals surface area (Å²) in [5, 5.41) is 10.9. The van der Waals surface area contributed by atoms with Crippen LogP contribution >= 0.6 is 0 Å². The van der Waals surface area contributed by atoms with Crippen molar-refractivity contribution in [3.63, 3.8) is 0 Å². The lowest BCUT2D eigenvalue weighted by Gasteiger charge is -2.22. The van der Waals surface area contributed by atoms with Gasteiger partial charge in [-0.3, -0.25) is 5.10 Å². The van der Waals surface area contributed by atoms with Gasteiger partial charge in [-0.05, 0) is 60.9 Å². The summed E-state index contributed by atoms with van der Waals surface area (Å²) < 4.78 is 5.87. The van der Waals surface area contributed by atoms with Gasteiger partial charge in [-0.25, -0.2) is 4.98 Å². The Morgan fingerprint density at radius 3 is 2.56 bits per heavy atom. The highest BCUT2D eigenvalue weighted by Crippen LogP contribution is 2.63. The van der Waals surface area contributed by atoms with E-state index in [1.807, 2.05) is 12.1 Å². The van der Waals surface area contributed by atoms with Crippen molar-refractivity contribution in [2.24, 2.45) is 5.41 Å². The monoisotopic (exact) mass is 340 g/mol. The Morgan fingerprint density at radius 2 is 1.88 bits per heavy atom. The Bertz CT molecular complexity index is 723. The summed E-state index contributed by atoms with van der Waals surface area (Å²) in [6.45, 7) is 9.33. The normalized spacial score (nSPS) is 22.1. The summed E-state index contributed by atoms with van der Waals surface area (Å²) in [7, 11) is 0. The Kier molecular flexibility index (Phi) is 4.07. The van der Waals surface area contributed by atoms with E-state index in [-0.39, 0.29) is 5.41 Å². The van der Waals surface area contributed by atoms with Gasteiger partial charge in [-0.2, -0.15) is 5.10 Å². The first-order valence-corrected chi connectivity index (χ1v) is 9.32. The second-order valence-corrected chi connectivity index (χ2v) is 8.57. The molecule has 2 N–H and O–H groups in total. The van der Waals surface area contributed by atoms with E-state index in [2.05, 4.69) is 53.4 Å². The maximum atomic E-state index is 5.87. The lowest BCUT2D eigenvalue weighted by Crippen LogP contribution is -2.29. The van der Waals surface area contributed by atoms with E-state index < -0.39 is 0 Å². The first kappa shape index (κ1) is 16.6. The van der Waals surface area contributed by atoms with Crippen LogP contribution in [0.25, 0.3) is 0 Å². The van der Waals surface area contributed by atoms with Crippen molar-refractivity contribution in [1.82, 2.24) is 20.5 Å². The molecular weight excluding hydrogens is 312 g/mol. The Balaban J connectivity index is 1.34. The summed E-state index contributed by atoms with van der Waals surface area (Å²) in [5.41, 5.74) is 1.93. The maximum Gasteiger partial charge on any atom is 0.162 e. The molecule has 0 bridgehead atoms. The zero-order chi connectivity index (χ0) is 17.5. The zero-order valence-electron chi connectivity index (χ0n) is 15.4. The standard InChI is InChI=1S/C20H28N4O/c1-19(2,3)14-4-6-15(7-5-14)25-13-17-22-18(24-23-17)16-12-20(16)8-10-21-11-9-20/h4-7,16,21H,8-13H2,1-3H3,(H,22,23,24). The van der Waals surface area contributed by atoms with Crippen molar-refractivity contribution < 1.29 is 4.74 Å². The highest BCUT2D eigenvalue weighted by atomic mass is 16.5. The highest BCUT2D eigenvalue weighted by Gasteiger charge is 2.56. The second kappa shape index (κ2) is 6.13. The number of aromatic nitrogens is 3. The van der Waals surface area contributed by atoms with Gasteiger partial charge in [0.2, 0.25) is 0 Å². The van der Waals surface area contributed by atoms with E-state index in [0.29, 0.717) is 17.9 Å². The molecule has 1 saturated carbocycles. The first-order chi connectivity index (χ1) is 12.0. The number of piperidine rings is 1. The number of aromatic amines is 1. The van der Waals surface area contributed by atoms with Crippen molar-refractivity contribution in [2.45, 2.75) is 58.0 Å². The molecule has 1 aromatic carbocycles. The molecule has 1 atom stereocenters. The molecule has 2 aromatic rings. The average Bonchev–Trinajstić information content (AvgIpc) is 3.07. The fourth-order valence-corrected chi connectivity index (χ4v) is 3.92. The number of nitrogens with one attached hydrogen (secondary N) is 2. The van der Waals surface area contributed by atoms with Crippen LogP contribution in [0.5, 0.6) is 5.75 Å². The van der Waals surface area contributed by atoms with Crippen molar-refractivity contribution in [1.29, 1.82) is 0 Å². The molecule has 0 radical (unpaired) electrons. The van der Waals surface area contributed by atoms with Crippen molar-refractivity contribution in [3.05, 3.63) is 41.5 Å². The van der Waals surface area contributed by atoms with E-state index in [4.69, 9.17) is 4.74 Å². The minimum Gasteiger partial charge on any atom is -0.486 e. The third-order valence-electron chi connectivity index (χ3n) is 5.75. The van der Waals surface area contributed by atoms with Gasteiger partial charge in [0.1, 0.15) is 12.4 Å². The number of rotatable bonds is 4. The van der Waals surface area contributed by atoms with Crippen LogP contribution in [0.15, 0.2) is 24.3 Å². The quantitative estimate of drug-likeness (QED) is 0.894. The molecule has 1 spiro atoms. The number of benzene rings is 1. The lowest BCUT2D eigenvalue weighted by molar-refractivity contribution is 0.296. The molecule has 25 heavy (non-hydrogen) atoms. The first-order valence-electron chi connectivity index (χ1n) is 9.32. The summed E-state index contributed by atoms with van der Waals surface area (Å²) in [4.78, 5) is 4.68. The van der Waals surface area contributed by atoms with Crippen molar-refractivity contribution >= 4 is 0 Å². The van der Waals surface area contributed by atoms with Crippen LogP contribution in [0.2, 0.25) is 0 Å². The number of hydrogen-bond acceptors (Lipinski definition) is 4. The molecule has 1 aliphatic heterocycles. The smallest absolute Gasteiger partial charge is 0.162 e. The Hall–Kier alpha value is -1.88. The molecule has 2 fully saturated rings. The summed E-state index contributed by atoms with van der Waals surface area (Å²) in [6, 6.07) is 8.32. The van der Waals surface area contributed by atoms with E-state index in [1.165, 1.54) is 24.8 Å². The van der Waals surface area contributed by atoms with Gasteiger partial charge in [0.15, 0.2) is 11.6 Å². The fourth-order valence-electron chi connectivity index (χ4n) is 3.92. The van der Waals surface area contributed by atoms with E-state index in [0.717, 1.165) is 30.5 Å². The van der Waals surface area contributed by atoms with Gasteiger partial charge >= 0.3 is 0 Å². The zero-order valence-corrected chi connectivity index (χ0v) is 15.4. The average molecular weight is 340 g/mol. The molecule has 4 rings (SSSR count). The number of ether oxygens (including phenoxy) is 1. The largest absolute Gasteiger partial charge is 0.486 e. The van der Waals surface area contributed by atoms with Crippen molar-refractivity contribution in [2.75, 3.05) is 13.1 Å². The topological polar surface area (TPSA) is 62.8 Å². The Labute approximate surface area is 149 Å². The van der Waals surface area contributed by atoms with Crippen LogP contribution in [0, 0.1) is 5.41 Å². The molecule has 2 heterocycles. The van der Waals surface area contributed by atoms with Crippen LogP contribution in [0.4, 0.5) is 0 Å². The molecule has 1 aromatic heterocycles. The van der Waals surface area contributed by atoms with Gasteiger partial charge in [-0.1, -0.05) is 32.9 Å². The predicted molar refractivity (Wildman–Crippen MR) is 97.8 cm³/mol. The van der Waals surface area contributed by atoms with Crippen LogP contribution in [-0.2, 0) is 12.0 Å². The minimum absolute atomic E-state index is 0.160. The second-order valence-electron chi connectivity index (χ2n) is 8.57. The molecule has 2 aliphatic rings. The molecule has 0 amide bonds. The van der Waals surface area contributed by atoms with Gasteiger partial charge in [0.05, 0.1) is 0 Å². The van der Waals surface area contributed by atoms with Crippen LogP contribution < -0.4 is 10.1 Å². The van der Waals surface area contributed by atoms with Crippen LogP contribution in [0.1, 0.15) is 63.2 Å². The summed E-state index contributed by atoms with van der Waals surface area (Å²) in [6.07, 6.45) is 3.73. The van der Waals surface area contributed by atoms with E-state index in [9.17, 15) is 0 Å². The van der Waals surface area contributed by atoms with Gasteiger partial charge in [0, 0.05) is 5.92 Å². The van der Waals surface area contributed by atoms with Crippen LogP contribution in [0.3, 0.4) is 0 Å². The molecular formula is C20H28N4O. The predicted octanol–water partition coefficient (Wildman–Crippen LogP) is 3.54. The van der Waals surface area contributed by atoms with E-state index >= 15 is 0 Å². The maximum absolute atomic E-state index is 5.87. The number of H-pyrrole nitrogens is 1. The van der Waals surface area contributed by atoms with Crippen LogP contribution in [-0.4, -0.2) is 28.3 Å². The van der Waals surface area contributed by atoms with Gasteiger partial charge in [-0.15, -0.1) is 0 Å². The highest BCUT2D eigenvalue weighted by molar-refractivity contribution is 5.31. The number of hydrogen-bond donors (Lipinski definition) is 2. The fraction of sp³-hybridized carbons (Fsp3) is 0.600. The molecule has 1 unspecified atom stereocenters. The summed E-state index contributed by atoms with van der Waals surface area (Å²) >= 11 is 0. The third-order valence-corrected chi connectivity index (χ3v) is 5.75. The lowest BCUT2D eigenvalue weighted by atomic mass is 9.87. The molecule has 1 aliphatic carbocycles. The molecule has 134 valence electrons. The SMILES string of the molecule is CC(C)(C)c1ccc(OCc2nc(C3CC34CCNCC4)n[nH]2)cc1. The third kappa shape index (κ3) is 3.43. The molecule has 5 heteroatoms. The Morgan fingerprint density at radius 1 is 1.16 bits per heavy atom. The van der Waals surface area contributed by atoms with Gasteiger partial charge in [0.25, 0.3) is 0 Å². The minimum atomic E-state index is 0.160. The molecule has 1 saturated heterocycles. The number of nitrogens with zero attached hydrogens (tertiary/aromatic N) is 2. The van der Waals surface area contributed by atoms with Gasteiger partial charge < -0.3 is 10.1 Å².